The molecule has 0 spiro atoms. The lowest BCUT2D eigenvalue weighted by atomic mass is 9.82. The smallest absolute Gasteiger partial charge is 0.341 e. The van der Waals surface area contributed by atoms with Crippen LogP contribution in [0.1, 0.15) is 144 Å². The minimum absolute atomic E-state index is 0.0356. The number of carbonyl (C=O) groups is 6. The number of hydrogen-bond donors (Lipinski definition) is 6. The van der Waals surface area contributed by atoms with Crippen LogP contribution in [0.15, 0.2) is 64.6 Å². The molecular formula is C58H68FN5O15. The summed E-state index contributed by atoms with van der Waals surface area (Å²) in [6.45, 7) is 12.0. The van der Waals surface area contributed by atoms with Gasteiger partial charge in [-0.15, -0.1) is 0 Å². The minimum Gasteiger partial charge on any atom is -0.507 e. The molecule has 10 rings (SSSR count). The van der Waals surface area contributed by atoms with Crippen molar-refractivity contribution in [1.82, 2.24) is 19.9 Å². The molecule has 7 aliphatic rings. The Labute approximate surface area is 455 Å². The molecule has 2 aromatic heterocycles. The number of aliphatic hydroxyl groups is 2. The van der Waals surface area contributed by atoms with Crippen LogP contribution in [-0.2, 0) is 23.8 Å². The van der Waals surface area contributed by atoms with Crippen molar-refractivity contribution in [3.05, 3.63) is 115 Å². The summed E-state index contributed by atoms with van der Waals surface area (Å²) in [5.74, 6) is -10.00. The predicted molar refractivity (Wildman–Crippen MR) is 285 cm³/mol. The van der Waals surface area contributed by atoms with Crippen LogP contribution in [-0.4, -0.2) is 140 Å². The second-order valence-corrected chi connectivity index (χ2v) is 22.0. The average molecular weight is 1090 g/mol. The highest BCUT2D eigenvalue weighted by molar-refractivity contribution is 6.32. The lowest BCUT2D eigenvalue weighted by molar-refractivity contribution is -0.153. The molecule has 5 bridgehead atoms. The molecule has 0 radical (unpaired) electrons. The molecule has 6 N–H and O–H groups in total. The maximum atomic E-state index is 16.1. The normalized spacial score (nSPS) is 28.8. The van der Waals surface area contributed by atoms with E-state index in [0.29, 0.717) is 54.7 Å². The van der Waals surface area contributed by atoms with Crippen LogP contribution in [0.3, 0.4) is 0 Å². The number of likely N-dealkylation sites (tertiary alicyclic amines) is 1. The molecule has 5 aliphatic heterocycles. The van der Waals surface area contributed by atoms with Gasteiger partial charge in [0.05, 0.1) is 58.7 Å². The third-order valence-electron chi connectivity index (χ3n) is 16.4. The Morgan fingerprint density at radius 1 is 0.899 bits per heavy atom. The molecule has 1 amide bonds. The molecule has 422 valence electrons. The first-order valence-corrected chi connectivity index (χ1v) is 26.9. The van der Waals surface area contributed by atoms with E-state index in [9.17, 15) is 49.2 Å². The number of ketones is 3. The summed E-state index contributed by atoms with van der Waals surface area (Å²) in [7, 11) is 1.41. The number of nitrogens with one attached hydrogen (secondary N) is 2. The van der Waals surface area contributed by atoms with Gasteiger partial charge in [-0.2, -0.15) is 0 Å². The molecule has 1 unspecified atom stereocenters. The van der Waals surface area contributed by atoms with Gasteiger partial charge in [-0.05, 0) is 88.5 Å². The van der Waals surface area contributed by atoms with Crippen LogP contribution in [0.4, 0.5) is 10.1 Å². The number of fused-ring (bicyclic) bond motifs is 15. The summed E-state index contributed by atoms with van der Waals surface area (Å²) in [4.78, 5) is 100. The minimum atomic E-state index is -2.14. The number of aliphatic hydroxyl groups excluding tert-OH is 2. The Balaban J connectivity index is 1.01. The number of carboxylic acids is 1. The number of hydrogen-bond acceptors (Lipinski definition) is 17. The van der Waals surface area contributed by atoms with Crippen LogP contribution in [0, 0.1) is 31.5 Å². The van der Waals surface area contributed by atoms with E-state index in [4.69, 9.17) is 18.9 Å². The van der Waals surface area contributed by atoms with E-state index in [2.05, 4.69) is 10.6 Å². The third-order valence-corrected chi connectivity index (χ3v) is 16.4. The van der Waals surface area contributed by atoms with Crippen molar-refractivity contribution in [2.24, 2.45) is 11.8 Å². The molecule has 20 nitrogen and oxygen atoms in total. The number of allylic oxidation sites excluding steroid dienone is 4. The van der Waals surface area contributed by atoms with Crippen molar-refractivity contribution < 1.29 is 72.5 Å². The number of phenolic OH excluding ortho intramolecular Hbond substituents is 1. The van der Waals surface area contributed by atoms with Crippen LogP contribution >= 0.6 is 0 Å². The molecule has 7 heterocycles. The van der Waals surface area contributed by atoms with Gasteiger partial charge in [0.15, 0.2) is 5.82 Å². The van der Waals surface area contributed by atoms with E-state index in [1.807, 2.05) is 4.90 Å². The number of phenols is 1. The zero-order valence-electron chi connectivity index (χ0n) is 45.5. The van der Waals surface area contributed by atoms with Crippen molar-refractivity contribution in [2.75, 3.05) is 38.2 Å². The topological polar surface area (TPSA) is 272 Å². The number of aromatic carboxylic acids is 1. The molecule has 2 aliphatic carbocycles. The van der Waals surface area contributed by atoms with Gasteiger partial charge in [0.1, 0.15) is 34.6 Å². The summed E-state index contributed by atoms with van der Waals surface area (Å²) in [5.41, 5.74) is -0.821. The molecule has 79 heavy (non-hydrogen) atoms. The van der Waals surface area contributed by atoms with E-state index < -0.39 is 117 Å². The van der Waals surface area contributed by atoms with Gasteiger partial charge in [-0.1, -0.05) is 32.1 Å². The number of methoxy groups -OCH3 is 1. The molecule has 8 atom stereocenters. The number of benzene rings is 1. The Morgan fingerprint density at radius 2 is 1.58 bits per heavy atom. The lowest BCUT2D eigenvalue weighted by Gasteiger charge is -2.38. The van der Waals surface area contributed by atoms with Crippen LogP contribution in [0.2, 0.25) is 0 Å². The molecule has 3 fully saturated rings. The van der Waals surface area contributed by atoms with Crippen molar-refractivity contribution in [1.29, 1.82) is 0 Å². The zero-order chi connectivity index (χ0) is 57.1. The number of anilines is 1. The van der Waals surface area contributed by atoms with E-state index in [-0.39, 0.29) is 72.1 Å². The number of nitrogens with zero attached hydrogens (tertiary/aromatic N) is 3. The summed E-state index contributed by atoms with van der Waals surface area (Å²) < 4.78 is 40.8. The number of Topliss-reactive ketones (excluding diaryl/α,β-unsaturated/α-hetero) is 3. The summed E-state index contributed by atoms with van der Waals surface area (Å²) in [5, 5.41) is 50.2. The fourth-order valence-corrected chi connectivity index (χ4v) is 11.8. The van der Waals surface area contributed by atoms with Gasteiger partial charge in [0.25, 0.3) is 17.2 Å². The first-order chi connectivity index (χ1) is 37.4. The van der Waals surface area contributed by atoms with Gasteiger partial charge >= 0.3 is 17.7 Å². The molecule has 1 aromatic carbocycles. The maximum Gasteiger partial charge on any atom is 0.341 e. The molecule has 3 aromatic rings. The van der Waals surface area contributed by atoms with Gasteiger partial charge in [-0.3, -0.25) is 33.2 Å². The highest BCUT2D eigenvalue weighted by atomic mass is 19.1. The standard InChI is InChI=1S/C58H68FN5O15/c1-27-10-9-11-28(2)55(72)61-46-49(62-18-14-34(15-19-62)60-35-16-20-63(25-35)48-30(4)47-37(33-12-13-33)24-38(57(74)75)56(73)64(47)26-39(48)59)52(70)43-44(51(46)69)50(68)31(5)53-45(43)54(71)58(7,79-53)77-21-17-41(76-8)29(3)42(78-32(6)65)23-36(66)22-40(27)67/h9-11,17,21,24,26-27,29,33-36,40-42,60,66-68H,12-16,18-20,22-23,25H2,1-8H3,(H,61,72)(H,74,75)/b10-9+,21-17+,28-11-/t27-,29+,35?,36+,40+,41-,42-,58-/m0/s1. The first-order valence-electron chi connectivity index (χ1n) is 26.9. The van der Waals surface area contributed by atoms with Gasteiger partial charge in [0.2, 0.25) is 11.6 Å². The fraction of sp³-hybridized carbons (Fsp3) is 0.500. The summed E-state index contributed by atoms with van der Waals surface area (Å²) in [6.07, 6.45) is 7.48. The monoisotopic (exact) mass is 1090 g/mol. The first kappa shape index (κ1) is 56.5. The number of aromatic nitrogens is 1. The van der Waals surface area contributed by atoms with Crippen molar-refractivity contribution in [2.45, 2.75) is 142 Å². The third kappa shape index (κ3) is 10.7. The predicted octanol–water partition coefficient (Wildman–Crippen LogP) is 5.43. The number of pyridine rings is 2. The number of carboxylic acid groups (broad SMARTS) is 1. The molecular weight excluding hydrogens is 1030 g/mol. The quantitative estimate of drug-likeness (QED) is 0.153. The fourth-order valence-electron chi connectivity index (χ4n) is 11.8. The van der Waals surface area contributed by atoms with Crippen LogP contribution in [0.25, 0.3) is 5.52 Å². The van der Waals surface area contributed by atoms with E-state index in [1.54, 1.807) is 37.8 Å². The SMILES string of the molecule is CO[C@H]1/C=C/O[C@@]2(C)Oc3c(C)c(O)c4c(c3C2=O)C(=O)C(N2CCC(NC3CCN(c5c(F)cn6c(=O)c(C(=O)O)cc(C7CC7)c6c5C)C3)CC2)=C(NC(=O)/C(C)=C\C=C\[C@H](C)[C@H](O)C[C@@H](O)C[C@H](OC(C)=O)[C@@H]1C)C4=O. The van der Waals surface area contributed by atoms with Crippen LogP contribution in [0.5, 0.6) is 11.5 Å². The average Bonchev–Trinajstić information content (AvgIpc) is 4.15. The number of carbonyl (C=O) groups excluding carboxylic acids is 5. The summed E-state index contributed by atoms with van der Waals surface area (Å²) in [6, 6.07) is 1.22. The molecule has 21 heteroatoms. The largest absolute Gasteiger partial charge is 0.507 e. The lowest BCUT2D eigenvalue weighted by Crippen LogP contribution is -2.49. The number of ether oxygens (including phenoxy) is 4. The number of piperidine rings is 1. The van der Waals surface area contributed by atoms with E-state index in [0.717, 1.165) is 29.7 Å². The van der Waals surface area contributed by atoms with Crippen LogP contribution < -0.4 is 25.8 Å². The Bertz CT molecular complexity index is 3240. The number of esters is 1. The second-order valence-electron chi connectivity index (χ2n) is 22.0. The van der Waals surface area contributed by atoms with Gasteiger partial charge in [-0.25, -0.2) is 9.18 Å². The summed E-state index contributed by atoms with van der Waals surface area (Å²) >= 11 is 0. The van der Waals surface area contributed by atoms with Gasteiger partial charge in [0, 0.05) is 88.6 Å². The second kappa shape index (κ2) is 22.1. The number of rotatable bonds is 8. The molecule has 1 saturated carbocycles. The number of aryl methyl sites for hydroxylation is 1. The van der Waals surface area contributed by atoms with Crippen molar-refractivity contribution in [3.8, 4) is 11.5 Å². The zero-order valence-corrected chi connectivity index (χ0v) is 45.5. The van der Waals surface area contributed by atoms with E-state index >= 15 is 9.18 Å². The van der Waals surface area contributed by atoms with Crippen molar-refractivity contribution >= 4 is 46.4 Å². The highest BCUT2D eigenvalue weighted by Gasteiger charge is 2.53. The number of aromatic hydroxyl groups is 1. The Kier molecular flexibility index (Phi) is 15.8. The highest BCUT2D eigenvalue weighted by Crippen LogP contribution is 2.49. The number of halogens is 1. The molecule has 2 saturated heterocycles. The number of amides is 1. The van der Waals surface area contributed by atoms with Gasteiger partial charge < -0.3 is 59.8 Å². The maximum absolute atomic E-state index is 16.1. The van der Waals surface area contributed by atoms with E-state index in [1.165, 1.54) is 53.0 Å². The Hall–Kier alpha value is -7.20. The Morgan fingerprint density at radius 3 is 2.24 bits per heavy atom. The van der Waals surface area contributed by atoms with Crippen molar-refractivity contribution in [3.63, 3.8) is 0 Å².